The second-order valence-corrected chi connectivity index (χ2v) is 4.49. The summed E-state index contributed by atoms with van der Waals surface area (Å²) < 4.78 is 5.35. The fourth-order valence-electron chi connectivity index (χ4n) is 1.74. The lowest BCUT2D eigenvalue weighted by Crippen LogP contribution is -2.42. The molecule has 0 saturated carbocycles. The highest BCUT2D eigenvalue weighted by atomic mass is 16.5. The van der Waals surface area contributed by atoms with Gasteiger partial charge in [0, 0.05) is 6.04 Å². The van der Waals surface area contributed by atoms with Crippen molar-refractivity contribution in [2.45, 2.75) is 39.3 Å². The molecule has 4 heteroatoms. The van der Waals surface area contributed by atoms with E-state index in [2.05, 4.69) is 5.32 Å². The number of rotatable bonds is 7. The molecule has 1 aromatic rings. The van der Waals surface area contributed by atoms with Gasteiger partial charge in [-0.1, -0.05) is 26.0 Å². The van der Waals surface area contributed by atoms with E-state index in [1.165, 1.54) is 0 Å². The minimum Gasteiger partial charge on any atom is -0.494 e. The topological polar surface area (TPSA) is 58.6 Å². The van der Waals surface area contributed by atoms with Gasteiger partial charge in [-0.05, 0) is 31.0 Å². The molecule has 0 aliphatic heterocycles. The molecule has 0 amide bonds. The van der Waals surface area contributed by atoms with Crippen LogP contribution in [0.2, 0.25) is 0 Å². The molecule has 1 rings (SSSR count). The maximum absolute atomic E-state index is 11.1. The normalized spacial score (nSPS) is 12.4. The first-order valence-corrected chi connectivity index (χ1v) is 6.23. The molecule has 100 valence electrons. The maximum atomic E-state index is 11.1. The average molecular weight is 251 g/mol. The zero-order chi connectivity index (χ0) is 13.5. The number of hydrogen-bond donors (Lipinski definition) is 2. The molecule has 0 radical (unpaired) electrons. The zero-order valence-corrected chi connectivity index (χ0v) is 11.1. The van der Waals surface area contributed by atoms with E-state index in [4.69, 9.17) is 9.84 Å². The number of ether oxygens (including phenoxy) is 1. The Kier molecular flexibility index (Phi) is 5.65. The predicted octanol–water partition coefficient (Wildman–Crippen LogP) is 2.08. The fourth-order valence-corrected chi connectivity index (χ4v) is 1.74. The highest BCUT2D eigenvalue weighted by Gasteiger charge is 2.18. The first-order chi connectivity index (χ1) is 8.52. The van der Waals surface area contributed by atoms with Gasteiger partial charge in [0.05, 0.1) is 6.61 Å². The summed E-state index contributed by atoms with van der Waals surface area (Å²) in [5, 5.41) is 12.2. The van der Waals surface area contributed by atoms with Crippen LogP contribution in [0.3, 0.4) is 0 Å². The molecular weight excluding hydrogens is 230 g/mol. The van der Waals surface area contributed by atoms with E-state index < -0.39 is 12.0 Å². The summed E-state index contributed by atoms with van der Waals surface area (Å²) in [5.41, 5.74) is 0.985. The Bertz CT molecular complexity index is 373. The van der Waals surface area contributed by atoms with Crippen molar-refractivity contribution < 1.29 is 14.6 Å². The van der Waals surface area contributed by atoms with Crippen LogP contribution in [-0.4, -0.2) is 29.8 Å². The summed E-state index contributed by atoms with van der Waals surface area (Å²) in [4.78, 5) is 11.1. The number of aliphatic carboxylic acids is 1. The first kappa shape index (κ1) is 14.5. The van der Waals surface area contributed by atoms with E-state index >= 15 is 0 Å². The van der Waals surface area contributed by atoms with Crippen LogP contribution in [0, 0.1) is 0 Å². The van der Waals surface area contributed by atoms with Gasteiger partial charge in [-0.3, -0.25) is 4.79 Å². The van der Waals surface area contributed by atoms with Gasteiger partial charge in [0.15, 0.2) is 0 Å². The summed E-state index contributed by atoms with van der Waals surface area (Å²) >= 11 is 0. The fraction of sp³-hybridized carbons (Fsp3) is 0.500. The number of hydrogen-bond acceptors (Lipinski definition) is 3. The van der Waals surface area contributed by atoms with Crippen molar-refractivity contribution >= 4 is 5.97 Å². The third-order valence-electron chi connectivity index (χ3n) is 2.51. The van der Waals surface area contributed by atoms with Crippen molar-refractivity contribution in [2.24, 2.45) is 0 Å². The minimum atomic E-state index is -0.822. The molecule has 0 bridgehead atoms. The Hall–Kier alpha value is -1.55. The SMILES string of the molecule is CCOc1ccc(C[C@@H](NC(C)C)C(=O)O)cc1. The molecule has 0 aromatic heterocycles. The van der Waals surface area contributed by atoms with Crippen LogP contribution in [0.25, 0.3) is 0 Å². The van der Waals surface area contributed by atoms with Gasteiger partial charge < -0.3 is 15.2 Å². The van der Waals surface area contributed by atoms with Gasteiger partial charge >= 0.3 is 5.97 Å². The molecule has 0 saturated heterocycles. The molecule has 0 unspecified atom stereocenters. The molecule has 18 heavy (non-hydrogen) atoms. The Morgan fingerprint density at radius 3 is 2.39 bits per heavy atom. The molecule has 0 aliphatic carbocycles. The summed E-state index contributed by atoms with van der Waals surface area (Å²) in [6.45, 7) is 6.44. The van der Waals surface area contributed by atoms with Gasteiger partial charge in [-0.25, -0.2) is 0 Å². The standard InChI is InChI=1S/C14H21NO3/c1-4-18-12-7-5-11(6-8-12)9-13(14(16)17)15-10(2)3/h5-8,10,13,15H,4,9H2,1-3H3,(H,16,17)/t13-/m1/s1. The van der Waals surface area contributed by atoms with Crippen molar-refractivity contribution in [1.29, 1.82) is 0 Å². The van der Waals surface area contributed by atoms with Crippen LogP contribution in [-0.2, 0) is 11.2 Å². The van der Waals surface area contributed by atoms with Crippen molar-refractivity contribution in [3.05, 3.63) is 29.8 Å². The van der Waals surface area contributed by atoms with Crippen molar-refractivity contribution in [3.8, 4) is 5.75 Å². The van der Waals surface area contributed by atoms with E-state index in [0.717, 1.165) is 11.3 Å². The van der Waals surface area contributed by atoms with Crippen LogP contribution in [0.5, 0.6) is 5.75 Å². The van der Waals surface area contributed by atoms with Crippen molar-refractivity contribution in [3.63, 3.8) is 0 Å². The zero-order valence-electron chi connectivity index (χ0n) is 11.1. The van der Waals surface area contributed by atoms with Crippen LogP contribution >= 0.6 is 0 Å². The second-order valence-electron chi connectivity index (χ2n) is 4.49. The molecule has 0 fully saturated rings. The molecule has 1 atom stereocenters. The van der Waals surface area contributed by atoms with E-state index in [0.29, 0.717) is 13.0 Å². The summed E-state index contributed by atoms with van der Waals surface area (Å²) in [6.07, 6.45) is 0.472. The lowest BCUT2D eigenvalue weighted by molar-refractivity contribution is -0.139. The van der Waals surface area contributed by atoms with E-state index in [-0.39, 0.29) is 6.04 Å². The van der Waals surface area contributed by atoms with Gasteiger partial charge in [0.25, 0.3) is 0 Å². The van der Waals surface area contributed by atoms with E-state index in [9.17, 15) is 4.79 Å². The maximum Gasteiger partial charge on any atom is 0.321 e. The van der Waals surface area contributed by atoms with Gasteiger partial charge in [0.1, 0.15) is 11.8 Å². The van der Waals surface area contributed by atoms with Crippen LogP contribution in [0.1, 0.15) is 26.3 Å². The van der Waals surface area contributed by atoms with Crippen LogP contribution in [0.4, 0.5) is 0 Å². The number of carboxylic acids is 1. The van der Waals surface area contributed by atoms with Crippen LogP contribution in [0.15, 0.2) is 24.3 Å². The molecule has 1 aromatic carbocycles. The monoisotopic (exact) mass is 251 g/mol. The molecule has 0 spiro atoms. The average Bonchev–Trinajstić information content (AvgIpc) is 2.30. The summed E-state index contributed by atoms with van der Waals surface area (Å²) in [6, 6.07) is 7.14. The smallest absolute Gasteiger partial charge is 0.321 e. The highest BCUT2D eigenvalue weighted by molar-refractivity contribution is 5.74. The Morgan fingerprint density at radius 1 is 1.33 bits per heavy atom. The number of benzene rings is 1. The van der Waals surface area contributed by atoms with Gasteiger partial charge in [0.2, 0.25) is 0 Å². The third kappa shape index (κ3) is 4.75. The van der Waals surface area contributed by atoms with Gasteiger partial charge in [-0.2, -0.15) is 0 Å². The second kappa shape index (κ2) is 7.01. The number of carboxylic acid groups (broad SMARTS) is 1. The van der Waals surface area contributed by atoms with E-state index in [1.54, 1.807) is 0 Å². The number of carbonyl (C=O) groups is 1. The first-order valence-electron chi connectivity index (χ1n) is 6.23. The lowest BCUT2D eigenvalue weighted by Gasteiger charge is -2.17. The Labute approximate surface area is 108 Å². The van der Waals surface area contributed by atoms with Crippen molar-refractivity contribution in [1.82, 2.24) is 5.32 Å². The predicted molar refractivity (Wildman–Crippen MR) is 71.0 cm³/mol. The van der Waals surface area contributed by atoms with Gasteiger partial charge in [-0.15, -0.1) is 0 Å². The number of nitrogens with one attached hydrogen (secondary N) is 1. The molecule has 0 heterocycles. The summed E-state index contributed by atoms with van der Waals surface area (Å²) in [5.74, 6) is -0.0115. The lowest BCUT2D eigenvalue weighted by atomic mass is 10.1. The largest absolute Gasteiger partial charge is 0.494 e. The van der Waals surface area contributed by atoms with Crippen molar-refractivity contribution in [2.75, 3.05) is 6.61 Å². The molecule has 2 N–H and O–H groups in total. The minimum absolute atomic E-state index is 0.147. The molecular formula is C14H21NO3. The molecule has 0 aliphatic rings. The summed E-state index contributed by atoms with van der Waals surface area (Å²) in [7, 11) is 0. The third-order valence-corrected chi connectivity index (χ3v) is 2.51. The molecule has 4 nitrogen and oxygen atoms in total. The highest BCUT2D eigenvalue weighted by Crippen LogP contribution is 2.13. The van der Waals surface area contributed by atoms with Crippen LogP contribution < -0.4 is 10.1 Å². The Morgan fingerprint density at radius 2 is 1.94 bits per heavy atom. The Balaban J connectivity index is 2.66. The van der Waals surface area contributed by atoms with E-state index in [1.807, 2.05) is 45.0 Å². The quantitative estimate of drug-likeness (QED) is 0.779.